The normalized spacial score (nSPS) is 12.8. The molecule has 0 fully saturated rings. The molecule has 0 bridgehead atoms. The molecule has 0 saturated heterocycles. The summed E-state index contributed by atoms with van der Waals surface area (Å²) in [6, 6.07) is 6.00. The fraction of sp³-hybridized carbons (Fsp3) is 0.200. The molecule has 0 aliphatic heterocycles. The van der Waals surface area contributed by atoms with Gasteiger partial charge in [0.05, 0.1) is 26.8 Å². The van der Waals surface area contributed by atoms with Crippen molar-refractivity contribution in [1.29, 1.82) is 0 Å². The molecule has 2 aromatic rings. The summed E-state index contributed by atoms with van der Waals surface area (Å²) >= 11 is 0. The molecule has 0 amide bonds. The smallest absolute Gasteiger partial charge is 0.416 e. The van der Waals surface area contributed by atoms with Crippen molar-refractivity contribution in [2.45, 2.75) is 22.9 Å². The first kappa shape index (κ1) is 20.0. The topological polar surface area (TPSA) is 101 Å². The summed E-state index contributed by atoms with van der Waals surface area (Å²) in [4.78, 5) is -0.921. The van der Waals surface area contributed by atoms with E-state index in [1.54, 1.807) is 0 Å². The molecule has 0 aliphatic carbocycles. The molecule has 6 nitrogen and oxygen atoms in total. The Morgan fingerprint density at radius 3 is 2.23 bits per heavy atom. The number of alkyl halides is 3. The van der Waals surface area contributed by atoms with E-state index in [9.17, 15) is 35.1 Å². The molecule has 11 heteroatoms. The van der Waals surface area contributed by atoms with Crippen molar-refractivity contribution in [3.8, 4) is 5.75 Å². The number of hydrogen-bond donors (Lipinski definition) is 2. The van der Waals surface area contributed by atoms with E-state index in [4.69, 9.17) is 0 Å². The van der Waals surface area contributed by atoms with Crippen LogP contribution in [0.3, 0.4) is 0 Å². The number of anilines is 1. The molecule has 0 radical (unpaired) electrons. The maximum Gasteiger partial charge on any atom is 0.416 e. The summed E-state index contributed by atoms with van der Waals surface area (Å²) in [5, 5.41) is 9.77. The Kier molecular flexibility index (Phi) is 5.24. The average molecular weight is 409 g/mol. The number of phenolic OH excluding ortho intramolecular Hbond substituents is 1. The Labute approximate surface area is 148 Å². The lowest BCUT2D eigenvalue weighted by molar-refractivity contribution is -0.137. The maximum absolute atomic E-state index is 12.7. The van der Waals surface area contributed by atoms with Gasteiger partial charge in [-0.15, -0.1) is 0 Å². The van der Waals surface area contributed by atoms with Gasteiger partial charge in [0.25, 0.3) is 10.0 Å². The van der Waals surface area contributed by atoms with E-state index in [1.165, 1.54) is 6.92 Å². The van der Waals surface area contributed by atoms with Gasteiger partial charge in [0.2, 0.25) is 0 Å². The van der Waals surface area contributed by atoms with Crippen LogP contribution in [0, 0.1) is 0 Å². The molecule has 0 atom stereocenters. The fourth-order valence-electron chi connectivity index (χ4n) is 2.00. The molecule has 0 saturated carbocycles. The van der Waals surface area contributed by atoms with Crippen molar-refractivity contribution >= 4 is 25.5 Å². The monoisotopic (exact) mass is 409 g/mol. The Bertz CT molecular complexity index is 1030. The van der Waals surface area contributed by atoms with Crippen LogP contribution in [0.4, 0.5) is 18.9 Å². The zero-order valence-corrected chi connectivity index (χ0v) is 14.9. The quantitative estimate of drug-likeness (QED) is 0.740. The number of rotatable bonds is 5. The predicted molar refractivity (Wildman–Crippen MR) is 88.1 cm³/mol. The largest absolute Gasteiger partial charge is 0.506 e. The Hall–Kier alpha value is -2.27. The second-order valence-electron chi connectivity index (χ2n) is 5.21. The highest BCUT2D eigenvalue weighted by molar-refractivity contribution is 7.92. The number of benzene rings is 2. The van der Waals surface area contributed by atoms with Gasteiger partial charge in [0, 0.05) is 0 Å². The van der Waals surface area contributed by atoms with Crippen molar-refractivity contribution in [2.24, 2.45) is 0 Å². The van der Waals surface area contributed by atoms with Gasteiger partial charge >= 0.3 is 6.18 Å². The van der Waals surface area contributed by atoms with Crippen LogP contribution in [0.15, 0.2) is 52.3 Å². The van der Waals surface area contributed by atoms with Crippen molar-refractivity contribution in [3.05, 3.63) is 48.0 Å². The first-order valence-electron chi connectivity index (χ1n) is 7.12. The molecular weight excluding hydrogens is 395 g/mol. The van der Waals surface area contributed by atoms with Crippen LogP contribution in [0.5, 0.6) is 5.75 Å². The Balaban J connectivity index is 2.46. The van der Waals surface area contributed by atoms with Gasteiger partial charge < -0.3 is 5.11 Å². The van der Waals surface area contributed by atoms with E-state index < -0.39 is 47.9 Å². The standard InChI is InChI=1S/C15H14F3NO5S2/c1-2-25(21,22)11-6-7-14(20)13(9-11)19-26(23,24)12-5-3-4-10(8-12)15(16,17)18/h3-9,19-20H,2H2,1H3. The van der Waals surface area contributed by atoms with Crippen molar-refractivity contribution < 1.29 is 35.1 Å². The summed E-state index contributed by atoms with van der Waals surface area (Å²) in [5.74, 6) is -0.826. The number of sulfone groups is 1. The number of phenols is 1. The second kappa shape index (κ2) is 6.80. The number of hydrogen-bond acceptors (Lipinski definition) is 5. The van der Waals surface area contributed by atoms with E-state index >= 15 is 0 Å². The molecule has 2 aromatic carbocycles. The molecular formula is C15H14F3NO5S2. The lowest BCUT2D eigenvalue weighted by Crippen LogP contribution is -2.15. The molecule has 0 spiro atoms. The molecule has 0 aliphatic rings. The minimum Gasteiger partial charge on any atom is -0.506 e. The highest BCUT2D eigenvalue weighted by atomic mass is 32.2. The van der Waals surface area contributed by atoms with Gasteiger partial charge in [-0.25, -0.2) is 16.8 Å². The highest BCUT2D eigenvalue weighted by Crippen LogP contribution is 2.32. The summed E-state index contributed by atoms with van der Waals surface area (Å²) in [7, 11) is -8.17. The van der Waals surface area contributed by atoms with E-state index in [0.29, 0.717) is 12.1 Å². The molecule has 2 N–H and O–H groups in total. The van der Waals surface area contributed by atoms with Crippen molar-refractivity contribution in [3.63, 3.8) is 0 Å². The third-order valence-electron chi connectivity index (χ3n) is 3.42. The second-order valence-corrected chi connectivity index (χ2v) is 9.17. The summed E-state index contributed by atoms with van der Waals surface area (Å²) in [6.45, 7) is 1.38. The third kappa shape index (κ3) is 4.28. The number of halogens is 3. The van der Waals surface area contributed by atoms with Crippen molar-refractivity contribution in [2.75, 3.05) is 10.5 Å². The van der Waals surface area contributed by atoms with Crippen LogP contribution in [-0.2, 0) is 26.0 Å². The molecule has 26 heavy (non-hydrogen) atoms. The maximum atomic E-state index is 12.7. The molecule has 142 valence electrons. The zero-order valence-electron chi connectivity index (χ0n) is 13.3. The summed E-state index contributed by atoms with van der Waals surface area (Å²) in [6.07, 6.45) is -4.73. The summed E-state index contributed by atoms with van der Waals surface area (Å²) < 4.78 is 88.5. The third-order valence-corrected chi connectivity index (χ3v) is 6.52. The van der Waals surface area contributed by atoms with E-state index in [2.05, 4.69) is 0 Å². The first-order chi connectivity index (χ1) is 11.9. The number of sulfonamides is 1. The Morgan fingerprint density at radius 1 is 1.00 bits per heavy atom. The zero-order chi connectivity index (χ0) is 19.8. The summed E-state index contributed by atoms with van der Waals surface area (Å²) in [5.41, 5.74) is -1.62. The fourth-order valence-corrected chi connectivity index (χ4v) is 4.02. The van der Waals surface area contributed by atoms with E-state index in [-0.39, 0.29) is 10.6 Å². The predicted octanol–water partition coefficient (Wildman–Crippen LogP) is 3.01. The van der Waals surface area contributed by atoms with Gasteiger partial charge in [-0.1, -0.05) is 13.0 Å². The minimum atomic E-state index is -4.73. The minimum absolute atomic E-state index is 0.237. The van der Waals surface area contributed by atoms with Crippen LogP contribution >= 0.6 is 0 Å². The molecule has 0 heterocycles. The lowest BCUT2D eigenvalue weighted by Gasteiger charge is -2.13. The van der Waals surface area contributed by atoms with Crippen LogP contribution in [0.2, 0.25) is 0 Å². The lowest BCUT2D eigenvalue weighted by atomic mass is 10.2. The molecule has 0 aromatic heterocycles. The van der Waals surface area contributed by atoms with Gasteiger partial charge in [0.15, 0.2) is 9.84 Å². The van der Waals surface area contributed by atoms with Crippen LogP contribution < -0.4 is 4.72 Å². The van der Waals surface area contributed by atoms with Gasteiger partial charge in [-0.2, -0.15) is 13.2 Å². The van der Waals surface area contributed by atoms with Gasteiger partial charge in [-0.05, 0) is 36.4 Å². The number of aromatic hydroxyl groups is 1. The van der Waals surface area contributed by atoms with Gasteiger partial charge in [0.1, 0.15) is 5.75 Å². The molecule has 0 unspecified atom stereocenters. The van der Waals surface area contributed by atoms with Crippen molar-refractivity contribution in [1.82, 2.24) is 0 Å². The average Bonchev–Trinajstić information content (AvgIpc) is 2.56. The van der Waals surface area contributed by atoms with E-state index in [1.807, 2.05) is 4.72 Å². The first-order valence-corrected chi connectivity index (χ1v) is 10.3. The number of nitrogens with one attached hydrogen (secondary N) is 1. The van der Waals surface area contributed by atoms with Crippen LogP contribution in [-0.4, -0.2) is 27.7 Å². The SMILES string of the molecule is CCS(=O)(=O)c1ccc(O)c(NS(=O)(=O)c2cccc(C(F)(F)F)c2)c1. The van der Waals surface area contributed by atoms with Gasteiger partial charge in [-0.3, -0.25) is 4.72 Å². The molecule has 2 rings (SSSR count). The van der Waals surface area contributed by atoms with E-state index in [0.717, 1.165) is 30.3 Å². The van der Waals surface area contributed by atoms with Crippen LogP contribution in [0.1, 0.15) is 12.5 Å². The van der Waals surface area contributed by atoms with Crippen LogP contribution in [0.25, 0.3) is 0 Å². The Morgan fingerprint density at radius 2 is 1.65 bits per heavy atom. The highest BCUT2D eigenvalue weighted by Gasteiger charge is 2.31.